The minimum absolute atomic E-state index is 0.165. The molecule has 0 aromatic carbocycles. The summed E-state index contributed by atoms with van der Waals surface area (Å²) in [5.74, 6) is 0. The van der Waals surface area contributed by atoms with Gasteiger partial charge in [0.05, 0.1) is 18.9 Å². The Morgan fingerprint density at radius 2 is 1.85 bits per heavy atom. The molecule has 0 aromatic rings. The van der Waals surface area contributed by atoms with Gasteiger partial charge >= 0.3 is 0 Å². The molecule has 0 radical (unpaired) electrons. The van der Waals surface area contributed by atoms with Gasteiger partial charge in [0, 0.05) is 13.1 Å². The molecule has 0 bridgehead atoms. The molecular formula is C10H22N2O. The molecule has 0 N–H and O–H groups in total. The highest BCUT2D eigenvalue weighted by molar-refractivity contribution is 4.81. The Morgan fingerprint density at radius 3 is 2.31 bits per heavy atom. The monoisotopic (exact) mass is 186 g/mol. The lowest BCUT2D eigenvalue weighted by Crippen LogP contribution is -2.58. The van der Waals surface area contributed by atoms with Crippen LogP contribution in [0.3, 0.4) is 0 Å². The van der Waals surface area contributed by atoms with Gasteiger partial charge in [0.15, 0.2) is 0 Å². The van der Waals surface area contributed by atoms with E-state index in [2.05, 4.69) is 37.6 Å². The first-order valence-electron chi connectivity index (χ1n) is 5.13. The Bertz CT molecular complexity index is 153. The maximum absolute atomic E-state index is 5.35. The first kappa shape index (κ1) is 11.0. The molecule has 1 heterocycles. The molecule has 1 fully saturated rings. The van der Waals surface area contributed by atoms with Crippen molar-refractivity contribution < 1.29 is 4.74 Å². The van der Waals surface area contributed by atoms with Crippen LogP contribution in [0.1, 0.15) is 20.8 Å². The fourth-order valence-corrected chi connectivity index (χ4v) is 1.74. The summed E-state index contributed by atoms with van der Waals surface area (Å²) in [6.45, 7) is 11.7. The number of hydrogen-bond acceptors (Lipinski definition) is 3. The van der Waals surface area contributed by atoms with Crippen molar-refractivity contribution in [3.63, 3.8) is 0 Å². The van der Waals surface area contributed by atoms with Gasteiger partial charge in [-0.3, -0.25) is 9.80 Å². The van der Waals surface area contributed by atoms with Crippen molar-refractivity contribution in [1.82, 2.24) is 9.80 Å². The Balaban J connectivity index is 2.55. The third-order valence-electron chi connectivity index (χ3n) is 3.19. The van der Waals surface area contributed by atoms with Crippen LogP contribution in [0.2, 0.25) is 0 Å². The Labute approximate surface area is 81.7 Å². The SMILES string of the molecule is CCN(C)C(C)(C)N1CCOCC1. The van der Waals surface area contributed by atoms with E-state index in [0.717, 1.165) is 32.8 Å². The van der Waals surface area contributed by atoms with E-state index >= 15 is 0 Å². The van der Waals surface area contributed by atoms with Crippen molar-refractivity contribution in [2.24, 2.45) is 0 Å². The summed E-state index contributed by atoms with van der Waals surface area (Å²) in [4.78, 5) is 4.86. The zero-order chi connectivity index (χ0) is 9.90. The van der Waals surface area contributed by atoms with Gasteiger partial charge in [-0.15, -0.1) is 0 Å². The lowest BCUT2D eigenvalue weighted by Gasteiger charge is -2.46. The average molecular weight is 186 g/mol. The van der Waals surface area contributed by atoms with E-state index < -0.39 is 0 Å². The molecule has 0 atom stereocenters. The zero-order valence-electron chi connectivity index (χ0n) is 9.34. The normalized spacial score (nSPS) is 21.0. The van der Waals surface area contributed by atoms with Crippen molar-refractivity contribution in [3.05, 3.63) is 0 Å². The van der Waals surface area contributed by atoms with Gasteiger partial charge in [-0.2, -0.15) is 0 Å². The maximum atomic E-state index is 5.35. The van der Waals surface area contributed by atoms with Crippen LogP contribution in [-0.2, 0) is 4.74 Å². The standard InChI is InChI=1S/C10H22N2O/c1-5-11(4)10(2,3)12-6-8-13-9-7-12/h5-9H2,1-4H3. The number of morpholine rings is 1. The summed E-state index contributed by atoms with van der Waals surface area (Å²) in [7, 11) is 2.18. The van der Waals surface area contributed by atoms with Crippen LogP contribution < -0.4 is 0 Å². The van der Waals surface area contributed by atoms with Crippen molar-refractivity contribution in [3.8, 4) is 0 Å². The van der Waals surface area contributed by atoms with Crippen molar-refractivity contribution >= 4 is 0 Å². The predicted molar refractivity (Wildman–Crippen MR) is 54.8 cm³/mol. The van der Waals surface area contributed by atoms with Crippen LogP contribution in [0.5, 0.6) is 0 Å². The van der Waals surface area contributed by atoms with Gasteiger partial charge in [0.25, 0.3) is 0 Å². The minimum Gasteiger partial charge on any atom is -0.379 e. The minimum atomic E-state index is 0.165. The Kier molecular flexibility index (Phi) is 3.71. The second-order valence-corrected chi connectivity index (χ2v) is 4.11. The van der Waals surface area contributed by atoms with Crippen LogP contribution in [0.15, 0.2) is 0 Å². The number of ether oxygens (including phenoxy) is 1. The summed E-state index contributed by atoms with van der Waals surface area (Å²) >= 11 is 0. The van der Waals surface area contributed by atoms with Gasteiger partial charge in [-0.25, -0.2) is 0 Å². The summed E-state index contributed by atoms with van der Waals surface area (Å²) in [5.41, 5.74) is 0.165. The molecule has 78 valence electrons. The van der Waals surface area contributed by atoms with Crippen molar-refractivity contribution in [2.75, 3.05) is 39.9 Å². The van der Waals surface area contributed by atoms with E-state index in [-0.39, 0.29) is 5.66 Å². The van der Waals surface area contributed by atoms with E-state index in [1.807, 2.05) is 0 Å². The van der Waals surface area contributed by atoms with Crippen molar-refractivity contribution in [1.29, 1.82) is 0 Å². The first-order valence-corrected chi connectivity index (χ1v) is 5.13. The van der Waals surface area contributed by atoms with Crippen LogP contribution >= 0.6 is 0 Å². The highest BCUT2D eigenvalue weighted by Gasteiger charge is 2.30. The third kappa shape index (κ3) is 2.42. The second-order valence-electron chi connectivity index (χ2n) is 4.11. The molecule has 13 heavy (non-hydrogen) atoms. The largest absolute Gasteiger partial charge is 0.379 e. The lowest BCUT2D eigenvalue weighted by molar-refractivity contribution is -0.0710. The molecule has 0 aliphatic carbocycles. The molecule has 0 amide bonds. The molecule has 3 nitrogen and oxygen atoms in total. The van der Waals surface area contributed by atoms with Gasteiger partial charge in [0.2, 0.25) is 0 Å². The Hall–Kier alpha value is -0.120. The quantitative estimate of drug-likeness (QED) is 0.654. The predicted octanol–water partition coefficient (Wildman–Crippen LogP) is 1.01. The summed E-state index contributed by atoms with van der Waals surface area (Å²) in [6.07, 6.45) is 0. The highest BCUT2D eigenvalue weighted by atomic mass is 16.5. The molecule has 1 saturated heterocycles. The lowest BCUT2D eigenvalue weighted by atomic mass is 10.1. The number of nitrogens with zero attached hydrogens (tertiary/aromatic N) is 2. The smallest absolute Gasteiger partial charge is 0.0678 e. The molecular weight excluding hydrogens is 164 g/mol. The fraction of sp³-hybridized carbons (Fsp3) is 1.00. The van der Waals surface area contributed by atoms with Gasteiger partial charge in [-0.05, 0) is 27.4 Å². The first-order chi connectivity index (χ1) is 6.09. The van der Waals surface area contributed by atoms with E-state index in [1.165, 1.54) is 0 Å². The molecule has 1 aliphatic heterocycles. The highest BCUT2D eigenvalue weighted by Crippen LogP contribution is 2.19. The molecule has 0 unspecified atom stereocenters. The van der Waals surface area contributed by atoms with E-state index in [4.69, 9.17) is 4.74 Å². The molecule has 1 rings (SSSR count). The molecule has 0 aromatic heterocycles. The van der Waals surface area contributed by atoms with Crippen LogP contribution in [0.4, 0.5) is 0 Å². The van der Waals surface area contributed by atoms with Crippen LogP contribution in [0, 0.1) is 0 Å². The second kappa shape index (κ2) is 4.40. The summed E-state index contributed by atoms with van der Waals surface area (Å²) in [5, 5.41) is 0. The summed E-state index contributed by atoms with van der Waals surface area (Å²) < 4.78 is 5.35. The van der Waals surface area contributed by atoms with Gasteiger partial charge < -0.3 is 4.74 Å². The topological polar surface area (TPSA) is 15.7 Å². The van der Waals surface area contributed by atoms with E-state index in [0.29, 0.717) is 0 Å². The third-order valence-corrected chi connectivity index (χ3v) is 3.19. The molecule has 0 saturated carbocycles. The van der Waals surface area contributed by atoms with E-state index in [9.17, 15) is 0 Å². The maximum Gasteiger partial charge on any atom is 0.0678 e. The Morgan fingerprint density at radius 1 is 1.31 bits per heavy atom. The molecule has 3 heteroatoms. The van der Waals surface area contributed by atoms with E-state index in [1.54, 1.807) is 0 Å². The molecule has 0 spiro atoms. The van der Waals surface area contributed by atoms with Crippen LogP contribution in [-0.4, -0.2) is 55.4 Å². The van der Waals surface area contributed by atoms with Gasteiger partial charge in [-0.1, -0.05) is 6.92 Å². The number of rotatable bonds is 3. The number of hydrogen-bond donors (Lipinski definition) is 0. The van der Waals surface area contributed by atoms with Gasteiger partial charge in [0.1, 0.15) is 0 Å². The van der Waals surface area contributed by atoms with Crippen molar-refractivity contribution in [2.45, 2.75) is 26.4 Å². The zero-order valence-corrected chi connectivity index (χ0v) is 9.34. The summed E-state index contributed by atoms with van der Waals surface area (Å²) in [6, 6.07) is 0. The average Bonchev–Trinajstić information content (AvgIpc) is 2.18. The van der Waals surface area contributed by atoms with Crippen LogP contribution in [0.25, 0.3) is 0 Å². The molecule has 1 aliphatic rings. The fourth-order valence-electron chi connectivity index (χ4n) is 1.74.